The van der Waals surface area contributed by atoms with Gasteiger partial charge >= 0.3 is 0 Å². The van der Waals surface area contributed by atoms with Crippen molar-refractivity contribution in [3.63, 3.8) is 0 Å². The Hall–Kier alpha value is 1.01. The first kappa shape index (κ1) is 13.6. The lowest BCUT2D eigenvalue weighted by Gasteiger charge is -1.94. The van der Waals surface area contributed by atoms with E-state index in [9.17, 15) is 0 Å². The van der Waals surface area contributed by atoms with E-state index in [4.69, 9.17) is 5.11 Å². The minimum absolute atomic E-state index is 0. The Bertz CT molecular complexity index is 87.8. The Kier molecular flexibility index (Phi) is 13.6. The van der Waals surface area contributed by atoms with Crippen molar-refractivity contribution in [2.75, 3.05) is 24.4 Å². The maximum Gasteiger partial charge on any atom is 0.131 e. The molecule has 0 aromatic rings. The second-order valence-corrected chi connectivity index (χ2v) is 4.57. The molecule has 0 rings (SSSR count). The van der Waals surface area contributed by atoms with Crippen LogP contribution in [0.15, 0.2) is 11.1 Å². The highest BCUT2D eigenvalue weighted by molar-refractivity contribution is 9.11. The van der Waals surface area contributed by atoms with Crippen molar-refractivity contribution in [1.82, 2.24) is 0 Å². The molecule has 62 valence electrons. The summed E-state index contributed by atoms with van der Waals surface area (Å²) in [5.74, 6) is 2.00. The third-order valence-corrected chi connectivity index (χ3v) is 2.92. The third-order valence-electron chi connectivity index (χ3n) is 0.910. The average Bonchev–Trinajstić information content (AvgIpc) is 1.85. The van der Waals surface area contributed by atoms with Crippen LogP contribution in [0.5, 0.6) is 0 Å². The molecule has 0 aromatic heterocycles. The van der Waals surface area contributed by atoms with Gasteiger partial charge in [-0.05, 0) is 22.0 Å². The first-order valence-electron chi connectivity index (χ1n) is 2.76. The fraction of sp³-hybridized carbons (Fsp3) is 0.667. The van der Waals surface area contributed by atoms with E-state index in [1.54, 1.807) is 0 Å². The van der Waals surface area contributed by atoms with Gasteiger partial charge in [-0.25, -0.2) is 0 Å². The Balaban J connectivity index is 0. The molecular weight excluding hydrogens is 280 g/mol. The summed E-state index contributed by atoms with van der Waals surface area (Å²) in [7, 11) is 0.363. The van der Waals surface area contributed by atoms with Crippen LogP contribution < -0.4 is 17.0 Å². The van der Waals surface area contributed by atoms with Crippen molar-refractivity contribution in [1.29, 1.82) is 0 Å². The van der Waals surface area contributed by atoms with Gasteiger partial charge in [0.1, 0.15) is 11.5 Å². The second kappa shape index (κ2) is 10.0. The summed E-state index contributed by atoms with van der Waals surface area (Å²) >= 11 is 3.19. The fourth-order valence-electron chi connectivity index (χ4n) is 0.440. The Morgan fingerprint density at radius 2 is 2.20 bits per heavy atom. The van der Waals surface area contributed by atoms with E-state index in [2.05, 4.69) is 28.3 Å². The number of halogens is 2. The minimum atomic E-state index is 0. The topological polar surface area (TPSA) is 20.2 Å². The maximum atomic E-state index is 8.51. The zero-order valence-corrected chi connectivity index (χ0v) is 9.88. The summed E-state index contributed by atoms with van der Waals surface area (Å²) in [4.78, 5) is 1.87. The molecule has 0 aromatic carbocycles. The molecule has 1 N–H and O–H groups in total. The van der Waals surface area contributed by atoms with Gasteiger partial charge in [-0.2, -0.15) is 0 Å². The van der Waals surface area contributed by atoms with Crippen molar-refractivity contribution in [2.45, 2.75) is 0 Å². The molecule has 0 aliphatic carbocycles. The fourth-order valence-corrected chi connectivity index (χ4v) is 1.78. The van der Waals surface area contributed by atoms with Gasteiger partial charge in [0.15, 0.2) is 0 Å². The summed E-state index contributed by atoms with van der Waals surface area (Å²) in [5, 5.41) is 8.51. The van der Waals surface area contributed by atoms with E-state index in [0.717, 1.165) is 11.5 Å². The monoisotopic (exact) mass is 290 g/mol. The number of rotatable bonds is 4. The van der Waals surface area contributed by atoms with Gasteiger partial charge in [-0.1, -0.05) is 15.9 Å². The van der Waals surface area contributed by atoms with E-state index in [1.807, 2.05) is 4.99 Å². The molecule has 4 heteroatoms. The highest BCUT2D eigenvalue weighted by Gasteiger charge is 2.04. The molecule has 0 amide bonds. The standard InChI is InChI=1S/C6H12BrOS.BrH/c1-9(6-4-8)5-2-3-7;/h2-3,8H,4-6H2,1H3;1H/q+1;/p-1/b3-2+;. The van der Waals surface area contributed by atoms with Gasteiger partial charge < -0.3 is 22.1 Å². The van der Waals surface area contributed by atoms with E-state index < -0.39 is 0 Å². The Morgan fingerprint density at radius 3 is 2.60 bits per heavy atom. The van der Waals surface area contributed by atoms with Crippen LogP contribution >= 0.6 is 15.9 Å². The lowest BCUT2D eigenvalue weighted by atomic mass is 10.8. The van der Waals surface area contributed by atoms with E-state index in [-0.39, 0.29) is 17.0 Å². The number of aliphatic hydroxyl groups is 1. The van der Waals surface area contributed by atoms with E-state index >= 15 is 0 Å². The summed E-state index contributed by atoms with van der Waals surface area (Å²) in [5.41, 5.74) is 0. The van der Waals surface area contributed by atoms with Crippen molar-refractivity contribution >= 4 is 26.8 Å². The zero-order chi connectivity index (χ0) is 7.11. The van der Waals surface area contributed by atoms with Crippen molar-refractivity contribution < 1.29 is 22.1 Å². The molecule has 10 heavy (non-hydrogen) atoms. The summed E-state index contributed by atoms with van der Waals surface area (Å²) in [6, 6.07) is 0. The summed E-state index contributed by atoms with van der Waals surface area (Å²) in [6.07, 6.45) is 4.22. The van der Waals surface area contributed by atoms with Gasteiger partial charge in [-0.15, -0.1) is 0 Å². The normalized spacial score (nSPS) is 13.1. The van der Waals surface area contributed by atoms with Gasteiger partial charge in [-0.3, -0.25) is 0 Å². The molecule has 0 aliphatic rings. The van der Waals surface area contributed by atoms with Crippen LogP contribution in [0.4, 0.5) is 0 Å². The lowest BCUT2D eigenvalue weighted by molar-refractivity contribution is -0.00000300. The first-order chi connectivity index (χ1) is 4.31. The van der Waals surface area contributed by atoms with Crippen LogP contribution in [-0.2, 0) is 10.9 Å². The van der Waals surface area contributed by atoms with Crippen LogP contribution in [0.3, 0.4) is 0 Å². The van der Waals surface area contributed by atoms with Gasteiger partial charge in [0.05, 0.1) is 12.9 Å². The average molecular weight is 292 g/mol. The Labute approximate surface area is 84.1 Å². The Morgan fingerprint density at radius 1 is 1.60 bits per heavy atom. The van der Waals surface area contributed by atoms with Crippen LogP contribution in [-0.4, -0.2) is 29.5 Å². The van der Waals surface area contributed by atoms with Crippen LogP contribution in [0, 0.1) is 0 Å². The predicted molar refractivity (Wildman–Crippen MR) is 48.2 cm³/mol. The molecule has 1 unspecified atom stereocenters. The molecule has 0 aliphatic heterocycles. The molecule has 0 saturated carbocycles. The van der Waals surface area contributed by atoms with Gasteiger partial charge in [0.2, 0.25) is 0 Å². The maximum absolute atomic E-state index is 8.51. The summed E-state index contributed by atoms with van der Waals surface area (Å²) < 4.78 is 0. The quantitative estimate of drug-likeness (QED) is 0.603. The van der Waals surface area contributed by atoms with Crippen molar-refractivity contribution in [2.24, 2.45) is 0 Å². The van der Waals surface area contributed by atoms with Crippen LogP contribution in [0.1, 0.15) is 0 Å². The molecular formula is C6H12Br2OS. The van der Waals surface area contributed by atoms with E-state index in [0.29, 0.717) is 17.5 Å². The lowest BCUT2D eigenvalue weighted by Crippen LogP contribution is -3.00. The minimum Gasteiger partial charge on any atom is -1.00 e. The smallest absolute Gasteiger partial charge is 0.131 e. The largest absolute Gasteiger partial charge is 1.00 e. The number of aliphatic hydroxyl groups excluding tert-OH is 1. The molecule has 0 heterocycles. The molecule has 0 radical (unpaired) electrons. The number of hydrogen-bond donors (Lipinski definition) is 1. The van der Waals surface area contributed by atoms with E-state index in [1.165, 1.54) is 0 Å². The van der Waals surface area contributed by atoms with Gasteiger partial charge in [0.25, 0.3) is 0 Å². The van der Waals surface area contributed by atoms with Crippen molar-refractivity contribution in [3.05, 3.63) is 11.1 Å². The zero-order valence-electron chi connectivity index (χ0n) is 5.89. The van der Waals surface area contributed by atoms with Crippen LogP contribution in [0.2, 0.25) is 0 Å². The second-order valence-electron chi connectivity index (χ2n) is 1.74. The van der Waals surface area contributed by atoms with Gasteiger partial charge in [0, 0.05) is 0 Å². The number of hydrogen-bond acceptors (Lipinski definition) is 1. The molecule has 0 spiro atoms. The molecule has 1 atom stereocenters. The highest BCUT2D eigenvalue weighted by Crippen LogP contribution is 1.92. The SMILES string of the molecule is C[S+](C/C=C/Br)CCO.[Br-]. The third kappa shape index (κ3) is 9.01. The molecule has 0 saturated heterocycles. The molecule has 0 fully saturated rings. The summed E-state index contributed by atoms with van der Waals surface area (Å²) in [6.45, 7) is 0.315. The highest BCUT2D eigenvalue weighted by atomic mass is 79.9. The molecule has 1 nitrogen and oxygen atoms in total. The van der Waals surface area contributed by atoms with Crippen LogP contribution in [0.25, 0.3) is 0 Å². The predicted octanol–water partition coefficient (Wildman–Crippen LogP) is -1.86. The first-order valence-corrected chi connectivity index (χ1v) is 5.65. The van der Waals surface area contributed by atoms with Crippen molar-refractivity contribution in [3.8, 4) is 0 Å². The molecule has 0 bridgehead atoms.